The van der Waals surface area contributed by atoms with Gasteiger partial charge in [0.2, 0.25) is 5.91 Å². The predicted molar refractivity (Wildman–Crippen MR) is 104 cm³/mol. The average molecular weight is 411 g/mol. The monoisotopic (exact) mass is 410 g/mol. The SMILES string of the molecule is Cc1occc1-c1nnc(SC(C)C(=O)Nc2cccc(Cl)c2Cl)n1C. The van der Waals surface area contributed by atoms with Crippen LogP contribution in [-0.4, -0.2) is 25.9 Å². The van der Waals surface area contributed by atoms with Gasteiger partial charge in [-0.15, -0.1) is 10.2 Å². The van der Waals surface area contributed by atoms with Gasteiger partial charge in [0.25, 0.3) is 0 Å². The standard InChI is InChI=1S/C17H16Cl2N4O2S/c1-9-11(7-8-25-9)15-21-22-17(23(15)3)26-10(2)16(24)20-13-6-4-5-12(18)14(13)19/h4-8,10H,1-3H3,(H,20,24). The van der Waals surface area contributed by atoms with Crippen LogP contribution in [0.4, 0.5) is 5.69 Å². The fourth-order valence-electron chi connectivity index (χ4n) is 2.32. The van der Waals surface area contributed by atoms with Gasteiger partial charge in [0.1, 0.15) is 5.76 Å². The predicted octanol–water partition coefficient (Wildman–Crippen LogP) is 4.81. The van der Waals surface area contributed by atoms with Crippen molar-refractivity contribution in [1.29, 1.82) is 0 Å². The second-order valence-corrected chi connectivity index (χ2v) is 7.70. The summed E-state index contributed by atoms with van der Waals surface area (Å²) in [4.78, 5) is 12.5. The first kappa shape index (κ1) is 18.8. The third-order valence-electron chi connectivity index (χ3n) is 3.80. The van der Waals surface area contributed by atoms with Gasteiger partial charge in [0, 0.05) is 7.05 Å². The molecule has 0 spiro atoms. The molecule has 1 amide bonds. The van der Waals surface area contributed by atoms with Crippen LogP contribution in [0.15, 0.2) is 40.1 Å². The quantitative estimate of drug-likeness (QED) is 0.610. The second kappa shape index (κ2) is 7.73. The maximum atomic E-state index is 12.5. The number of anilines is 1. The van der Waals surface area contributed by atoms with Crippen LogP contribution in [-0.2, 0) is 11.8 Å². The van der Waals surface area contributed by atoms with Crippen molar-refractivity contribution in [3.05, 3.63) is 46.3 Å². The molecule has 9 heteroatoms. The van der Waals surface area contributed by atoms with E-state index in [1.807, 2.05) is 24.6 Å². The number of carbonyl (C=O) groups excluding carboxylic acids is 1. The number of aromatic nitrogens is 3. The van der Waals surface area contributed by atoms with Crippen molar-refractivity contribution in [1.82, 2.24) is 14.8 Å². The number of hydrogen-bond acceptors (Lipinski definition) is 5. The summed E-state index contributed by atoms with van der Waals surface area (Å²) in [6.45, 7) is 3.65. The summed E-state index contributed by atoms with van der Waals surface area (Å²) < 4.78 is 7.15. The van der Waals surface area contributed by atoms with Gasteiger partial charge in [-0.3, -0.25) is 4.79 Å². The van der Waals surface area contributed by atoms with Crippen LogP contribution >= 0.6 is 35.0 Å². The Balaban J connectivity index is 1.73. The summed E-state index contributed by atoms with van der Waals surface area (Å²) in [5.74, 6) is 1.24. The molecule has 0 saturated carbocycles. The normalized spacial score (nSPS) is 12.2. The van der Waals surface area contributed by atoms with Crippen molar-refractivity contribution in [2.75, 3.05) is 5.32 Å². The highest BCUT2D eigenvalue weighted by molar-refractivity contribution is 8.00. The van der Waals surface area contributed by atoms with Crippen LogP contribution in [0.25, 0.3) is 11.4 Å². The third-order valence-corrected chi connectivity index (χ3v) is 5.75. The Kier molecular flexibility index (Phi) is 5.60. The zero-order valence-electron chi connectivity index (χ0n) is 14.3. The van der Waals surface area contributed by atoms with Crippen LogP contribution < -0.4 is 5.32 Å². The molecule has 0 fully saturated rings. The van der Waals surface area contributed by atoms with Gasteiger partial charge in [0.15, 0.2) is 11.0 Å². The van der Waals surface area contributed by atoms with E-state index in [2.05, 4.69) is 15.5 Å². The molecule has 0 aliphatic rings. The van der Waals surface area contributed by atoms with Crippen LogP contribution in [0.3, 0.4) is 0 Å². The smallest absolute Gasteiger partial charge is 0.237 e. The third kappa shape index (κ3) is 3.75. The summed E-state index contributed by atoms with van der Waals surface area (Å²) in [6, 6.07) is 6.93. The van der Waals surface area contributed by atoms with Crippen LogP contribution in [0, 0.1) is 6.92 Å². The Hall–Kier alpha value is -1.96. The van der Waals surface area contributed by atoms with Crippen molar-refractivity contribution in [2.45, 2.75) is 24.3 Å². The number of halogens is 2. The molecule has 0 bridgehead atoms. The molecule has 1 unspecified atom stereocenters. The fraction of sp³-hybridized carbons (Fsp3) is 0.235. The molecule has 0 saturated heterocycles. The molecule has 2 heterocycles. The number of rotatable bonds is 5. The maximum Gasteiger partial charge on any atom is 0.237 e. The highest BCUT2D eigenvalue weighted by Crippen LogP contribution is 2.31. The zero-order chi connectivity index (χ0) is 18.8. The van der Waals surface area contributed by atoms with Gasteiger partial charge in [-0.1, -0.05) is 41.0 Å². The van der Waals surface area contributed by atoms with Crippen LogP contribution in [0.5, 0.6) is 0 Å². The lowest BCUT2D eigenvalue weighted by Crippen LogP contribution is -2.23. The van der Waals surface area contributed by atoms with Crippen molar-refractivity contribution in [3.8, 4) is 11.4 Å². The van der Waals surface area contributed by atoms with Crippen LogP contribution in [0.1, 0.15) is 12.7 Å². The van der Waals surface area contributed by atoms with Gasteiger partial charge in [0.05, 0.1) is 32.8 Å². The van der Waals surface area contributed by atoms with Gasteiger partial charge in [-0.05, 0) is 32.0 Å². The number of benzene rings is 1. The summed E-state index contributed by atoms with van der Waals surface area (Å²) in [5, 5.41) is 12.1. The minimum atomic E-state index is -0.411. The first-order chi connectivity index (χ1) is 12.4. The van der Waals surface area contributed by atoms with E-state index in [-0.39, 0.29) is 5.91 Å². The molecule has 3 aromatic rings. The highest BCUT2D eigenvalue weighted by Gasteiger charge is 2.21. The molecular formula is C17H16Cl2N4O2S. The lowest BCUT2D eigenvalue weighted by Gasteiger charge is -2.13. The Bertz CT molecular complexity index is 954. The molecule has 0 aliphatic carbocycles. The minimum Gasteiger partial charge on any atom is -0.469 e. The molecule has 6 nitrogen and oxygen atoms in total. The van der Waals surface area contributed by atoms with Crippen molar-refractivity contribution >= 4 is 46.6 Å². The summed E-state index contributed by atoms with van der Waals surface area (Å²) in [6.07, 6.45) is 1.61. The Morgan fingerprint density at radius 1 is 1.31 bits per heavy atom. The number of furan rings is 1. The largest absolute Gasteiger partial charge is 0.469 e. The van der Waals surface area contributed by atoms with E-state index in [9.17, 15) is 4.79 Å². The summed E-state index contributed by atoms with van der Waals surface area (Å²) in [5.41, 5.74) is 1.35. The van der Waals surface area contributed by atoms with Crippen molar-refractivity contribution in [3.63, 3.8) is 0 Å². The van der Waals surface area contributed by atoms with Crippen LogP contribution in [0.2, 0.25) is 10.0 Å². The zero-order valence-corrected chi connectivity index (χ0v) is 16.6. The van der Waals surface area contributed by atoms with E-state index in [0.717, 1.165) is 11.3 Å². The molecule has 26 heavy (non-hydrogen) atoms. The Labute approximate surface area is 164 Å². The lowest BCUT2D eigenvalue weighted by atomic mass is 10.2. The van der Waals surface area contributed by atoms with Gasteiger partial charge in [-0.25, -0.2) is 0 Å². The first-order valence-electron chi connectivity index (χ1n) is 7.74. The van der Waals surface area contributed by atoms with E-state index in [4.69, 9.17) is 27.6 Å². The van der Waals surface area contributed by atoms with E-state index in [1.165, 1.54) is 11.8 Å². The average Bonchev–Trinajstić information content (AvgIpc) is 3.18. The molecule has 2 aromatic heterocycles. The summed E-state index contributed by atoms with van der Waals surface area (Å²) >= 11 is 13.4. The number of amides is 1. The summed E-state index contributed by atoms with van der Waals surface area (Å²) in [7, 11) is 1.85. The molecule has 1 atom stereocenters. The maximum absolute atomic E-state index is 12.5. The molecular weight excluding hydrogens is 395 g/mol. The van der Waals surface area contributed by atoms with Gasteiger partial charge in [-0.2, -0.15) is 0 Å². The number of hydrogen-bond donors (Lipinski definition) is 1. The Morgan fingerprint density at radius 3 is 2.77 bits per heavy atom. The van der Waals surface area contributed by atoms with Crippen molar-refractivity contribution in [2.24, 2.45) is 7.05 Å². The number of carbonyl (C=O) groups is 1. The number of thioether (sulfide) groups is 1. The number of nitrogens with one attached hydrogen (secondary N) is 1. The second-order valence-electron chi connectivity index (χ2n) is 5.61. The molecule has 0 aliphatic heterocycles. The molecule has 1 N–H and O–H groups in total. The molecule has 0 radical (unpaired) electrons. The minimum absolute atomic E-state index is 0.205. The first-order valence-corrected chi connectivity index (χ1v) is 9.37. The lowest BCUT2D eigenvalue weighted by molar-refractivity contribution is -0.115. The number of nitrogens with zero attached hydrogens (tertiary/aromatic N) is 3. The van der Waals surface area contributed by atoms with Gasteiger partial charge >= 0.3 is 0 Å². The number of aryl methyl sites for hydroxylation is 1. The van der Waals surface area contributed by atoms with E-state index in [1.54, 1.807) is 31.4 Å². The topological polar surface area (TPSA) is 72.9 Å². The Morgan fingerprint density at radius 2 is 2.08 bits per heavy atom. The molecule has 136 valence electrons. The fourth-order valence-corrected chi connectivity index (χ4v) is 3.48. The van der Waals surface area contributed by atoms with Gasteiger partial charge < -0.3 is 14.3 Å². The van der Waals surface area contributed by atoms with E-state index >= 15 is 0 Å². The molecule has 1 aromatic carbocycles. The highest BCUT2D eigenvalue weighted by atomic mass is 35.5. The molecule has 3 rings (SSSR count). The van der Waals surface area contributed by atoms with E-state index < -0.39 is 5.25 Å². The van der Waals surface area contributed by atoms with E-state index in [0.29, 0.717) is 26.7 Å². The van der Waals surface area contributed by atoms with Crippen molar-refractivity contribution < 1.29 is 9.21 Å².